The Morgan fingerprint density at radius 2 is 1.29 bits per heavy atom. The fraction of sp³-hybridized carbons (Fsp3) is 0.600. The number of allylic oxidation sites excluding steroid dienone is 1. The first-order chi connectivity index (χ1) is 16.2. The summed E-state index contributed by atoms with van der Waals surface area (Å²) in [6, 6.07) is 0. The first kappa shape index (κ1) is 27.8. The van der Waals surface area contributed by atoms with Gasteiger partial charge in [-0.25, -0.2) is 13.2 Å². The van der Waals surface area contributed by atoms with Crippen LogP contribution < -0.4 is 4.74 Å². The smallest absolute Gasteiger partial charge is 0.329 e. The van der Waals surface area contributed by atoms with Crippen molar-refractivity contribution in [3.8, 4) is 5.75 Å². The second kappa shape index (κ2) is 12.9. The van der Waals surface area contributed by atoms with Gasteiger partial charge in [0.2, 0.25) is 34.8 Å². The Morgan fingerprint density at radius 1 is 0.824 bits per heavy atom. The third-order valence-corrected chi connectivity index (χ3v) is 6.12. The summed E-state index contributed by atoms with van der Waals surface area (Å²) in [4.78, 5) is 25.2. The minimum absolute atomic E-state index is 0.0384. The maximum atomic E-state index is 13.9. The molecule has 34 heavy (non-hydrogen) atoms. The first-order valence-electron chi connectivity index (χ1n) is 11.8. The quantitative estimate of drug-likeness (QED) is 0.0390. The zero-order chi connectivity index (χ0) is 25.3. The average molecular weight is 491 g/mol. The molecule has 2 unspecified atom stereocenters. The van der Waals surface area contributed by atoms with Crippen LogP contribution in [0.1, 0.15) is 77.6 Å². The Hall–Kier alpha value is -2.45. The maximum Gasteiger partial charge on any atom is 0.329 e. The molecule has 0 heterocycles. The van der Waals surface area contributed by atoms with Crippen molar-refractivity contribution in [2.75, 3.05) is 6.61 Å². The average Bonchev–Trinajstić information content (AvgIpc) is 3.58. The van der Waals surface area contributed by atoms with E-state index in [9.17, 15) is 31.5 Å². The van der Waals surface area contributed by atoms with E-state index in [2.05, 4.69) is 18.2 Å². The molecule has 0 N–H and O–H groups in total. The third-order valence-electron chi connectivity index (χ3n) is 6.12. The van der Waals surface area contributed by atoms with Crippen LogP contribution in [-0.2, 0) is 14.3 Å². The molecule has 0 saturated heterocycles. The van der Waals surface area contributed by atoms with Gasteiger partial charge in [-0.15, -0.1) is 6.58 Å². The van der Waals surface area contributed by atoms with Gasteiger partial charge >= 0.3 is 11.9 Å². The minimum Gasteiger partial charge on any atom is -0.465 e. The van der Waals surface area contributed by atoms with Crippen molar-refractivity contribution < 1.29 is 41.0 Å². The van der Waals surface area contributed by atoms with Gasteiger partial charge in [0.05, 0.1) is 6.61 Å². The van der Waals surface area contributed by atoms with E-state index >= 15 is 0 Å². The lowest BCUT2D eigenvalue weighted by atomic mass is 10.0. The summed E-state index contributed by atoms with van der Waals surface area (Å²) < 4.78 is 77.4. The molecule has 0 aliphatic heterocycles. The lowest BCUT2D eigenvalue weighted by Gasteiger charge is -2.16. The van der Waals surface area contributed by atoms with Crippen LogP contribution in [0.4, 0.5) is 22.0 Å². The van der Waals surface area contributed by atoms with Gasteiger partial charge in [0.1, 0.15) is 0 Å². The molecule has 0 spiro atoms. The topological polar surface area (TPSA) is 52.6 Å². The number of esters is 2. The number of benzene rings is 1. The molecule has 0 bridgehead atoms. The van der Waals surface area contributed by atoms with E-state index in [0.29, 0.717) is 6.42 Å². The van der Waals surface area contributed by atoms with Gasteiger partial charge in [-0.05, 0) is 12.8 Å². The molecule has 190 valence electrons. The van der Waals surface area contributed by atoms with E-state index in [4.69, 9.17) is 4.74 Å². The predicted molar refractivity (Wildman–Crippen MR) is 115 cm³/mol. The Balaban J connectivity index is 1.86. The highest BCUT2D eigenvalue weighted by Gasteiger charge is 2.67. The zero-order valence-corrected chi connectivity index (χ0v) is 19.4. The number of halogens is 5. The summed E-state index contributed by atoms with van der Waals surface area (Å²) in [5.74, 6) is -16.4. The Morgan fingerprint density at radius 3 is 1.76 bits per heavy atom. The molecule has 4 nitrogen and oxygen atoms in total. The van der Waals surface area contributed by atoms with Gasteiger partial charge in [-0.2, -0.15) is 8.78 Å². The van der Waals surface area contributed by atoms with Gasteiger partial charge in [0, 0.05) is 5.92 Å². The number of rotatable bonds is 15. The van der Waals surface area contributed by atoms with Crippen LogP contribution in [0.5, 0.6) is 5.75 Å². The molecule has 1 aliphatic carbocycles. The molecule has 1 aromatic rings. The fourth-order valence-electron chi connectivity index (χ4n) is 3.87. The van der Waals surface area contributed by atoms with Crippen LogP contribution in [0.25, 0.3) is 0 Å². The van der Waals surface area contributed by atoms with Crippen molar-refractivity contribution in [1.82, 2.24) is 0 Å². The van der Waals surface area contributed by atoms with Crippen LogP contribution in [0.2, 0.25) is 0 Å². The number of hydrogen-bond donors (Lipinski definition) is 0. The van der Waals surface area contributed by atoms with Crippen LogP contribution >= 0.6 is 0 Å². The van der Waals surface area contributed by atoms with Gasteiger partial charge in [0.15, 0.2) is 5.41 Å². The van der Waals surface area contributed by atoms with Crippen molar-refractivity contribution in [2.45, 2.75) is 77.6 Å². The van der Waals surface area contributed by atoms with Crippen molar-refractivity contribution in [3.63, 3.8) is 0 Å². The first-order valence-corrected chi connectivity index (χ1v) is 11.8. The molecule has 1 fully saturated rings. The highest BCUT2D eigenvalue weighted by atomic mass is 19.2. The largest absolute Gasteiger partial charge is 0.465 e. The molecule has 0 amide bonds. The molecule has 9 heteroatoms. The van der Waals surface area contributed by atoms with Crippen molar-refractivity contribution in [2.24, 2.45) is 11.3 Å². The van der Waals surface area contributed by atoms with E-state index < -0.39 is 58.1 Å². The molecule has 0 radical (unpaired) electrons. The summed E-state index contributed by atoms with van der Waals surface area (Å²) >= 11 is 0. The second-order valence-electron chi connectivity index (χ2n) is 8.62. The van der Waals surface area contributed by atoms with Crippen LogP contribution in [0, 0.1) is 40.4 Å². The molecule has 2 rings (SSSR count). The molecule has 1 saturated carbocycles. The molecule has 1 aromatic carbocycles. The highest BCUT2D eigenvalue weighted by molar-refractivity contribution is 6.05. The number of unbranched alkanes of at least 4 members (excludes halogenated alkanes) is 9. The van der Waals surface area contributed by atoms with Crippen LogP contribution in [-0.4, -0.2) is 18.5 Å². The van der Waals surface area contributed by atoms with Crippen LogP contribution in [0.15, 0.2) is 12.7 Å². The Kier molecular flexibility index (Phi) is 10.5. The predicted octanol–water partition coefficient (Wildman–Crippen LogP) is 6.94. The van der Waals surface area contributed by atoms with Crippen molar-refractivity contribution >= 4 is 11.9 Å². The highest BCUT2D eigenvalue weighted by Crippen LogP contribution is 2.55. The second-order valence-corrected chi connectivity index (χ2v) is 8.62. The van der Waals surface area contributed by atoms with Gasteiger partial charge in [-0.3, -0.25) is 9.59 Å². The minimum atomic E-state index is -2.38. The molecule has 2 atom stereocenters. The molecular formula is C25H31F5O4. The Labute approximate surface area is 196 Å². The normalized spacial score (nSPS) is 19.1. The van der Waals surface area contributed by atoms with E-state index in [-0.39, 0.29) is 13.0 Å². The number of hydrogen-bond acceptors (Lipinski definition) is 4. The zero-order valence-electron chi connectivity index (χ0n) is 19.4. The van der Waals surface area contributed by atoms with Gasteiger partial charge in [0.25, 0.3) is 0 Å². The monoisotopic (exact) mass is 490 g/mol. The van der Waals surface area contributed by atoms with Crippen molar-refractivity contribution in [1.29, 1.82) is 0 Å². The molecule has 1 aliphatic rings. The molecule has 0 aromatic heterocycles. The summed E-state index contributed by atoms with van der Waals surface area (Å²) in [5.41, 5.74) is -1.92. The fourth-order valence-corrected chi connectivity index (χ4v) is 3.87. The summed E-state index contributed by atoms with van der Waals surface area (Å²) in [6.45, 7) is 5.70. The Bertz CT molecular complexity index is 860. The van der Waals surface area contributed by atoms with E-state index in [1.807, 2.05) is 0 Å². The standard InChI is InChI=1S/C25H31F5O4/c1-3-5-6-7-8-9-10-11-12-13-14-33-23(31)25(15-16(25)4-2)24(32)34-22-20(29)18(27)17(26)19(28)21(22)30/h4,16H,2-3,5-15H2,1H3. The summed E-state index contributed by atoms with van der Waals surface area (Å²) in [7, 11) is 0. The lowest BCUT2D eigenvalue weighted by molar-refractivity contribution is -0.160. The molecular weight excluding hydrogens is 459 g/mol. The van der Waals surface area contributed by atoms with Crippen LogP contribution in [0.3, 0.4) is 0 Å². The third kappa shape index (κ3) is 6.36. The van der Waals surface area contributed by atoms with E-state index in [1.54, 1.807) is 0 Å². The summed E-state index contributed by atoms with van der Waals surface area (Å²) in [5, 5.41) is 0. The van der Waals surface area contributed by atoms with Crippen molar-refractivity contribution in [3.05, 3.63) is 41.7 Å². The lowest BCUT2D eigenvalue weighted by Crippen LogP contribution is -2.34. The SMILES string of the molecule is C=CC1CC1(C(=O)OCCCCCCCCCCCC)C(=O)Oc1c(F)c(F)c(F)c(F)c1F. The maximum absolute atomic E-state index is 13.9. The van der Waals surface area contributed by atoms with E-state index in [0.717, 1.165) is 25.7 Å². The van der Waals surface area contributed by atoms with Gasteiger partial charge < -0.3 is 9.47 Å². The number of carbonyl (C=O) groups excluding carboxylic acids is 2. The van der Waals surface area contributed by atoms with E-state index in [1.165, 1.54) is 38.2 Å². The number of ether oxygens (including phenoxy) is 2. The summed E-state index contributed by atoms with van der Waals surface area (Å²) in [6.07, 6.45) is 12.0. The number of carbonyl (C=O) groups is 2. The van der Waals surface area contributed by atoms with Gasteiger partial charge in [-0.1, -0.05) is 70.8 Å².